The van der Waals surface area contributed by atoms with Crippen molar-refractivity contribution in [1.29, 1.82) is 0 Å². The maximum Gasteiger partial charge on any atom is 0.319 e. The number of carbonyl (C=O) groups excluding carboxylic acids is 1. The quantitative estimate of drug-likeness (QED) is 0.669. The second-order valence-corrected chi connectivity index (χ2v) is 4.56. The minimum Gasteiger partial charge on any atom is -0.468 e. The summed E-state index contributed by atoms with van der Waals surface area (Å²) in [5.41, 5.74) is 0. The summed E-state index contributed by atoms with van der Waals surface area (Å²) in [5, 5.41) is 0. The highest BCUT2D eigenvalue weighted by Crippen LogP contribution is 2.27. The zero-order chi connectivity index (χ0) is 11.3. The van der Waals surface area contributed by atoms with Crippen molar-refractivity contribution in [3.8, 4) is 0 Å². The molecule has 2 atom stereocenters. The van der Waals surface area contributed by atoms with Crippen LogP contribution in [0.1, 0.15) is 39.5 Å². The van der Waals surface area contributed by atoms with Gasteiger partial charge in [0.15, 0.2) is 0 Å². The van der Waals surface area contributed by atoms with Crippen molar-refractivity contribution in [1.82, 2.24) is 4.90 Å². The molecule has 2 unspecified atom stereocenters. The molecule has 0 spiro atoms. The topological polar surface area (TPSA) is 29.5 Å². The zero-order valence-electron chi connectivity index (χ0n) is 10.2. The molecule has 3 heteroatoms. The first-order chi connectivity index (χ1) is 7.17. The summed E-state index contributed by atoms with van der Waals surface area (Å²) in [5.74, 6) is 0.686. The van der Waals surface area contributed by atoms with Gasteiger partial charge in [-0.05, 0) is 25.3 Å². The van der Waals surface area contributed by atoms with Crippen LogP contribution in [0.3, 0.4) is 0 Å². The number of ether oxygens (including phenoxy) is 1. The average molecular weight is 213 g/mol. The lowest BCUT2D eigenvalue weighted by atomic mass is 9.86. The van der Waals surface area contributed by atoms with Crippen molar-refractivity contribution in [3.05, 3.63) is 0 Å². The first-order valence-corrected chi connectivity index (χ1v) is 5.98. The van der Waals surface area contributed by atoms with Crippen molar-refractivity contribution in [2.24, 2.45) is 5.92 Å². The Morgan fingerprint density at radius 3 is 2.73 bits per heavy atom. The van der Waals surface area contributed by atoms with E-state index in [2.05, 4.69) is 18.7 Å². The molecule has 0 bridgehead atoms. The molecule has 1 rings (SSSR count). The molecule has 0 heterocycles. The first kappa shape index (κ1) is 12.5. The average Bonchev–Trinajstić information content (AvgIpc) is 2.25. The van der Waals surface area contributed by atoms with Gasteiger partial charge in [-0.3, -0.25) is 9.69 Å². The van der Waals surface area contributed by atoms with Crippen LogP contribution in [0.15, 0.2) is 0 Å². The van der Waals surface area contributed by atoms with E-state index in [1.54, 1.807) is 0 Å². The molecular weight excluding hydrogens is 190 g/mol. The van der Waals surface area contributed by atoms with Crippen LogP contribution in [0, 0.1) is 5.92 Å². The fraction of sp³-hybridized carbons (Fsp3) is 0.917. The molecule has 0 aromatic heterocycles. The SMILES string of the molecule is CCN(CC(=O)OC)C1CCCC(C)C1. The van der Waals surface area contributed by atoms with E-state index in [1.807, 2.05) is 0 Å². The van der Waals surface area contributed by atoms with E-state index in [4.69, 9.17) is 4.74 Å². The fourth-order valence-corrected chi connectivity index (χ4v) is 2.46. The van der Waals surface area contributed by atoms with Crippen molar-refractivity contribution in [2.45, 2.75) is 45.6 Å². The molecule has 0 radical (unpaired) electrons. The molecular formula is C12H23NO2. The summed E-state index contributed by atoms with van der Waals surface area (Å²) >= 11 is 0. The highest BCUT2D eigenvalue weighted by molar-refractivity contribution is 5.71. The maximum absolute atomic E-state index is 11.2. The van der Waals surface area contributed by atoms with Crippen LogP contribution in [0.4, 0.5) is 0 Å². The molecule has 15 heavy (non-hydrogen) atoms. The molecule has 88 valence electrons. The van der Waals surface area contributed by atoms with Crippen molar-refractivity contribution in [2.75, 3.05) is 20.2 Å². The van der Waals surface area contributed by atoms with Crippen molar-refractivity contribution >= 4 is 5.97 Å². The molecule has 0 saturated heterocycles. The van der Waals surface area contributed by atoms with Crippen LogP contribution in [0.2, 0.25) is 0 Å². The molecule has 1 aliphatic carbocycles. The molecule has 1 saturated carbocycles. The standard InChI is InChI=1S/C12H23NO2/c1-4-13(9-12(14)15-3)11-7-5-6-10(2)8-11/h10-11H,4-9H2,1-3H3. The van der Waals surface area contributed by atoms with E-state index < -0.39 is 0 Å². The molecule has 0 amide bonds. The summed E-state index contributed by atoms with van der Waals surface area (Å²) < 4.78 is 4.72. The Hall–Kier alpha value is -0.570. The minimum absolute atomic E-state index is 0.116. The largest absolute Gasteiger partial charge is 0.468 e. The van der Waals surface area contributed by atoms with Crippen LogP contribution in [0.25, 0.3) is 0 Å². The third-order valence-electron chi connectivity index (χ3n) is 3.39. The third-order valence-corrected chi connectivity index (χ3v) is 3.39. The number of nitrogens with zero attached hydrogens (tertiary/aromatic N) is 1. The van der Waals surface area contributed by atoms with Crippen molar-refractivity contribution in [3.63, 3.8) is 0 Å². The normalized spacial score (nSPS) is 26.7. The molecule has 0 aliphatic heterocycles. The van der Waals surface area contributed by atoms with Gasteiger partial charge < -0.3 is 4.74 Å². The van der Waals surface area contributed by atoms with Gasteiger partial charge in [-0.1, -0.05) is 26.7 Å². The summed E-state index contributed by atoms with van der Waals surface area (Å²) in [6.45, 7) is 5.80. The lowest BCUT2D eigenvalue weighted by Crippen LogP contribution is -2.41. The van der Waals surface area contributed by atoms with Gasteiger partial charge in [-0.2, -0.15) is 0 Å². The van der Waals surface area contributed by atoms with E-state index in [9.17, 15) is 4.79 Å². The van der Waals surface area contributed by atoms with Gasteiger partial charge in [0.1, 0.15) is 0 Å². The molecule has 0 aromatic carbocycles. The Morgan fingerprint density at radius 2 is 2.20 bits per heavy atom. The minimum atomic E-state index is -0.116. The van der Waals surface area contributed by atoms with Gasteiger partial charge in [-0.15, -0.1) is 0 Å². The summed E-state index contributed by atoms with van der Waals surface area (Å²) in [4.78, 5) is 13.5. The highest BCUT2D eigenvalue weighted by Gasteiger charge is 2.25. The Bertz CT molecular complexity index is 206. The van der Waals surface area contributed by atoms with Gasteiger partial charge in [-0.25, -0.2) is 0 Å². The van der Waals surface area contributed by atoms with E-state index in [0.29, 0.717) is 12.6 Å². The van der Waals surface area contributed by atoms with Gasteiger partial charge in [0.25, 0.3) is 0 Å². The van der Waals surface area contributed by atoms with Gasteiger partial charge in [0.05, 0.1) is 13.7 Å². The van der Waals surface area contributed by atoms with Crippen molar-refractivity contribution < 1.29 is 9.53 Å². The maximum atomic E-state index is 11.2. The van der Waals surface area contributed by atoms with Crippen LogP contribution >= 0.6 is 0 Å². The monoisotopic (exact) mass is 213 g/mol. The van der Waals surface area contributed by atoms with E-state index >= 15 is 0 Å². The predicted molar refractivity (Wildman–Crippen MR) is 60.7 cm³/mol. The molecule has 1 aliphatic rings. The smallest absolute Gasteiger partial charge is 0.319 e. The number of hydrogen-bond acceptors (Lipinski definition) is 3. The zero-order valence-corrected chi connectivity index (χ0v) is 10.2. The van der Waals surface area contributed by atoms with Gasteiger partial charge >= 0.3 is 5.97 Å². The molecule has 0 N–H and O–H groups in total. The summed E-state index contributed by atoms with van der Waals surface area (Å²) in [7, 11) is 1.46. The molecule has 1 fully saturated rings. The molecule has 3 nitrogen and oxygen atoms in total. The molecule has 0 aromatic rings. The predicted octanol–water partition coefficient (Wildman–Crippen LogP) is 2.06. The van der Waals surface area contributed by atoms with Gasteiger partial charge in [0.2, 0.25) is 0 Å². The highest BCUT2D eigenvalue weighted by atomic mass is 16.5. The van der Waals surface area contributed by atoms with Crippen LogP contribution < -0.4 is 0 Å². The fourth-order valence-electron chi connectivity index (χ4n) is 2.46. The number of carbonyl (C=O) groups is 1. The Balaban J connectivity index is 2.45. The summed E-state index contributed by atoms with van der Waals surface area (Å²) in [6.07, 6.45) is 5.09. The lowest BCUT2D eigenvalue weighted by Gasteiger charge is -2.35. The number of esters is 1. The van der Waals surface area contributed by atoms with E-state index in [-0.39, 0.29) is 5.97 Å². The third kappa shape index (κ3) is 3.82. The van der Waals surface area contributed by atoms with Crippen LogP contribution in [0.5, 0.6) is 0 Å². The summed E-state index contributed by atoms with van der Waals surface area (Å²) in [6, 6.07) is 0.581. The first-order valence-electron chi connectivity index (χ1n) is 5.98. The number of likely N-dealkylation sites (N-methyl/N-ethyl adjacent to an activating group) is 1. The van der Waals surface area contributed by atoms with E-state index in [0.717, 1.165) is 12.5 Å². The Labute approximate surface area is 92.8 Å². The van der Waals surface area contributed by atoms with E-state index in [1.165, 1.54) is 32.8 Å². The van der Waals surface area contributed by atoms with Crippen LogP contribution in [-0.2, 0) is 9.53 Å². The number of methoxy groups -OCH3 is 1. The Kier molecular flexibility index (Phi) is 5.09. The Morgan fingerprint density at radius 1 is 1.47 bits per heavy atom. The van der Waals surface area contributed by atoms with Gasteiger partial charge in [0, 0.05) is 6.04 Å². The van der Waals surface area contributed by atoms with Crippen LogP contribution in [-0.4, -0.2) is 37.1 Å². The number of hydrogen-bond donors (Lipinski definition) is 0. The number of rotatable bonds is 4. The second kappa shape index (κ2) is 6.11. The lowest BCUT2D eigenvalue weighted by molar-refractivity contribution is -0.142. The second-order valence-electron chi connectivity index (χ2n) is 4.56.